The van der Waals surface area contributed by atoms with Crippen LogP contribution >= 0.6 is 11.8 Å². The first kappa shape index (κ1) is 27.6. The number of β-amino-alcohol motifs (C(OH)–C–C–N with tert-alkyl or cyclic N) is 1. The molecule has 6 heteroatoms. The number of fused-ring (bicyclic) bond motifs is 1. The van der Waals surface area contributed by atoms with Crippen molar-refractivity contribution in [3.63, 3.8) is 0 Å². The van der Waals surface area contributed by atoms with Crippen molar-refractivity contribution >= 4 is 17.7 Å². The molecule has 1 aliphatic heterocycles. The summed E-state index contributed by atoms with van der Waals surface area (Å²) in [7, 11) is 0. The second-order valence-corrected chi connectivity index (χ2v) is 10.7. The molecule has 3 N–H and O–H groups in total. The van der Waals surface area contributed by atoms with Gasteiger partial charge in [-0.05, 0) is 62.4 Å². The molecule has 2 aliphatic rings. The van der Waals surface area contributed by atoms with Gasteiger partial charge in [0.15, 0.2) is 0 Å². The third kappa shape index (κ3) is 7.73. The van der Waals surface area contributed by atoms with Gasteiger partial charge in [-0.15, -0.1) is 11.8 Å². The number of hydrogen-bond donors (Lipinski definition) is 3. The van der Waals surface area contributed by atoms with Crippen LogP contribution in [0.1, 0.15) is 61.9 Å². The lowest BCUT2D eigenvalue weighted by atomic mass is 9.75. The van der Waals surface area contributed by atoms with Gasteiger partial charge in [0.2, 0.25) is 0 Å². The Morgan fingerprint density at radius 1 is 1.06 bits per heavy atom. The average Bonchev–Trinajstić information content (AvgIpc) is 2.89. The number of nitrogens with one attached hydrogen (secondary N) is 1. The fourth-order valence-electron chi connectivity index (χ4n) is 5.30. The van der Waals surface area contributed by atoms with Crippen LogP contribution < -0.4 is 5.32 Å². The molecule has 1 saturated carbocycles. The molecule has 0 bridgehead atoms. The number of aliphatic hydroxyl groups is 1. The Hall–Kier alpha value is -2.02. The van der Waals surface area contributed by atoms with Crippen LogP contribution in [0.3, 0.4) is 0 Å². The summed E-state index contributed by atoms with van der Waals surface area (Å²) in [6, 6.07) is 14.6. The van der Waals surface area contributed by atoms with Crippen LogP contribution in [0.2, 0.25) is 0 Å². The molecule has 2 aromatic rings. The van der Waals surface area contributed by atoms with Gasteiger partial charge >= 0.3 is 0 Å². The summed E-state index contributed by atoms with van der Waals surface area (Å²) in [6.07, 6.45) is 5.91. The monoisotopic (exact) mass is 498 g/mol. The Kier molecular flexibility index (Phi) is 11.0. The van der Waals surface area contributed by atoms with Gasteiger partial charge in [0.05, 0.1) is 12.1 Å². The molecule has 192 valence electrons. The minimum atomic E-state index is -0.664. The zero-order valence-corrected chi connectivity index (χ0v) is 22.3. The van der Waals surface area contributed by atoms with Crippen molar-refractivity contribution < 1.29 is 15.0 Å². The molecule has 1 saturated heterocycles. The maximum absolute atomic E-state index is 13.1. The molecular formula is C29H42N2O3S. The lowest BCUT2D eigenvalue weighted by Crippen LogP contribution is -2.52. The quantitative estimate of drug-likeness (QED) is 0.420. The Morgan fingerprint density at radius 3 is 2.51 bits per heavy atom. The lowest BCUT2D eigenvalue weighted by molar-refractivity contribution is 0.0344. The molecule has 0 spiro atoms. The Bertz CT molecular complexity index is 923. The van der Waals surface area contributed by atoms with Gasteiger partial charge in [-0.25, -0.2) is 0 Å². The number of aliphatic hydroxyl groups excluding tert-OH is 1. The number of piperidine rings is 1. The van der Waals surface area contributed by atoms with E-state index in [4.69, 9.17) is 0 Å². The van der Waals surface area contributed by atoms with E-state index in [9.17, 15) is 15.0 Å². The molecule has 4 rings (SSSR count). The molecule has 35 heavy (non-hydrogen) atoms. The van der Waals surface area contributed by atoms with Crippen LogP contribution in [0.15, 0.2) is 53.4 Å². The highest BCUT2D eigenvalue weighted by molar-refractivity contribution is 7.99. The SMILES string of the molecule is CC.Cc1c(O)cccc1C(=O)NC(CSc1ccccc1)C(O)CN1CCC2CCCCC2C1. The number of rotatable bonds is 8. The molecule has 1 amide bonds. The predicted octanol–water partition coefficient (Wildman–Crippen LogP) is 5.49. The van der Waals surface area contributed by atoms with Gasteiger partial charge in [-0.3, -0.25) is 4.79 Å². The number of thioether (sulfide) groups is 1. The standard InChI is InChI=1S/C27H36N2O3S.C2H6/c1-19-23(12-7-13-25(19)30)27(32)28-24(18-33-22-10-3-2-4-11-22)26(31)17-29-15-14-20-8-5-6-9-21(20)16-29;1-2/h2-4,7,10-13,20-21,24,26,30-31H,5-6,8-9,14-18H2,1H3,(H,28,32);1-2H3. The maximum atomic E-state index is 13.1. The molecule has 4 unspecified atom stereocenters. The Balaban J connectivity index is 0.00000167. The first-order valence-corrected chi connectivity index (χ1v) is 14.2. The van der Waals surface area contributed by atoms with Gasteiger partial charge in [0.25, 0.3) is 5.91 Å². The summed E-state index contributed by atoms with van der Waals surface area (Å²) in [5, 5.41) is 24.3. The molecule has 2 fully saturated rings. The third-order valence-electron chi connectivity index (χ3n) is 7.32. The first-order valence-electron chi connectivity index (χ1n) is 13.2. The van der Waals surface area contributed by atoms with Gasteiger partial charge in [-0.2, -0.15) is 0 Å². The fraction of sp³-hybridized carbons (Fsp3) is 0.552. The number of aromatic hydroxyl groups is 1. The van der Waals surface area contributed by atoms with Crippen LogP contribution in [0.4, 0.5) is 0 Å². The van der Waals surface area contributed by atoms with Crippen LogP contribution in [-0.2, 0) is 0 Å². The van der Waals surface area contributed by atoms with Gasteiger partial charge in [0.1, 0.15) is 5.75 Å². The van der Waals surface area contributed by atoms with Crippen LogP contribution in [0.5, 0.6) is 5.75 Å². The Labute approximate surface area is 215 Å². The lowest BCUT2D eigenvalue weighted by Gasteiger charge is -2.42. The van der Waals surface area contributed by atoms with Crippen LogP contribution in [-0.4, -0.2) is 58.6 Å². The van der Waals surface area contributed by atoms with Crippen molar-refractivity contribution in [2.24, 2.45) is 11.8 Å². The van der Waals surface area contributed by atoms with Crippen LogP contribution in [0.25, 0.3) is 0 Å². The van der Waals surface area contributed by atoms with E-state index in [-0.39, 0.29) is 11.7 Å². The molecule has 1 heterocycles. The molecule has 4 atom stereocenters. The first-order chi connectivity index (χ1) is 17.0. The third-order valence-corrected chi connectivity index (χ3v) is 8.46. The van der Waals surface area contributed by atoms with Crippen LogP contribution in [0, 0.1) is 18.8 Å². The highest BCUT2D eigenvalue weighted by Gasteiger charge is 2.33. The summed E-state index contributed by atoms with van der Waals surface area (Å²) in [5.41, 5.74) is 0.998. The van der Waals surface area contributed by atoms with E-state index in [2.05, 4.69) is 10.2 Å². The molecule has 5 nitrogen and oxygen atoms in total. The van der Waals surface area contributed by atoms with Crippen molar-refractivity contribution in [1.29, 1.82) is 0 Å². The van der Waals surface area contributed by atoms with Gasteiger partial charge in [0, 0.05) is 34.9 Å². The average molecular weight is 499 g/mol. The highest BCUT2D eigenvalue weighted by Crippen LogP contribution is 2.36. The number of likely N-dealkylation sites (tertiary alicyclic amines) is 1. The summed E-state index contributed by atoms with van der Waals surface area (Å²) < 4.78 is 0. The summed E-state index contributed by atoms with van der Waals surface area (Å²) in [6.45, 7) is 8.39. The number of carbonyl (C=O) groups excluding carboxylic acids is 1. The van der Waals surface area contributed by atoms with E-state index in [1.165, 1.54) is 32.1 Å². The van der Waals surface area contributed by atoms with Gasteiger partial charge < -0.3 is 20.4 Å². The molecule has 2 aromatic carbocycles. The molecule has 0 aromatic heterocycles. The summed E-state index contributed by atoms with van der Waals surface area (Å²) >= 11 is 1.64. The van der Waals surface area contributed by atoms with Crippen molar-refractivity contribution in [2.75, 3.05) is 25.4 Å². The topological polar surface area (TPSA) is 72.8 Å². The smallest absolute Gasteiger partial charge is 0.252 e. The van der Waals surface area contributed by atoms with E-state index >= 15 is 0 Å². The van der Waals surface area contributed by atoms with E-state index < -0.39 is 12.1 Å². The summed E-state index contributed by atoms with van der Waals surface area (Å²) in [4.78, 5) is 16.6. The molecular weight excluding hydrogens is 456 g/mol. The van der Waals surface area contributed by atoms with Gasteiger partial charge in [-0.1, -0.05) is 57.4 Å². The number of benzene rings is 2. The van der Waals surface area contributed by atoms with E-state index in [1.807, 2.05) is 44.2 Å². The van der Waals surface area contributed by atoms with Crippen molar-refractivity contribution in [3.8, 4) is 5.75 Å². The second kappa shape index (κ2) is 13.9. The summed E-state index contributed by atoms with van der Waals surface area (Å²) in [5.74, 6) is 2.03. The molecule has 0 radical (unpaired) electrons. The van der Waals surface area contributed by atoms with Crippen molar-refractivity contribution in [2.45, 2.75) is 69.9 Å². The number of carbonyl (C=O) groups is 1. The van der Waals surface area contributed by atoms with Crippen molar-refractivity contribution in [3.05, 3.63) is 59.7 Å². The Morgan fingerprint density at radius 2 is 1.77 bits per heavy atom. The number of hydrogen-bond acceptors (Lipinski definition) is 5. The minimum Gasteiger partial charge on any atom is -0.508 e. The zero-order valence-electron chi connectivity index (χ0n) is 21.5. The maximum Gasteiger partial charge on any atom is 0.252 e. The fourth-order valence-corrected chi connectivity index (χ4v) is 6.33. The normalized spacial score (nSPS) is 21.7. The zero-order chi connectivity index (χ0) is 25.2. The van der Waals surface area contributed by atoms with Crippen molar-refractivity contribution in [1.82, 2.24) is 10.2 Å². The largest absolute Gasteiger partial charge is 0.508 e. The second-order valence-electron chi connectivity index (χ2n) is 9.57. The highest BCUT2D eigenvalue weighted by atomic mass is 32.2. The molecule has 1 aliphatic carbocycles. The van der Waals surface area contributed by atoms with E-state index in [0.29, 0.717) is 23.4 Å². The van der Waals surface area contributed by atoms with E-state index in [0.717, 1.165) is 29.8 Å². The number of nitrogens with zero attached hydrogens (tertiary/aromatic N) is 1. The number of phenols is 1. The predicted molar refractivity (Wildman–Crippen MR) is 145 cm³/mol. The number of amides is 1. The minimum absolute atomic E-state index is 0.105. The number of phenolic OH excluding ortho intramolecular Hbond substituents is 1. The van der Waals surface area contributed by atoms with E-state index in [1.54, 1.807) is 36.9 Å².